The summed E-state index contributed by atoms with van der Waals surface area (Å²) in [7, 11) is 1.64. The molecule has 0 fully saturated rings. The summed E-state index contributed by atoms with van der Waals surface area (Å²) < 4.78 is 5.12. The first-order chi connectivity index (χ1) is 11.6. The first kappa shape index (κ1) is 20.4. The van der Waals surface area contributed by atoms with Crippen molar-refractivity contribution in [3.63, 3.8) is 0 Å². The van der Waals surface area contributed by atoms with Crippen LogP contribution in [0.4, 0.5) is 5.69 Å². The smallest absolute Gasteiger partial charge is 0.189 e. The lowest BCUT2D eigenvalue weighted by Gasteiger charge is -2.18. The second-order valence-electron chi connectivity index (χ2n) is 5.56. The molecule has 7 heteroatoms. The fourth-order valence-electron chi connectivity index (χ4n) is 2.17. The topological polar surface area (TPSA) is 57.3 Å². The zero-order valence-corrected chi connectivity index (χ0v) is 16.3. The third kappa shape index (κ3) is 8.31. The van der Waals surface area contributed by atoms with Crippen molar-refractivity contribution in [2.75, 3.05) is 19.0 Å². The summed E-state index contributed by atoms with van der Waals surface area (Å²) in [6.45, 7) is 5.31. The van der Waals surface area contributed by atoms with Gasteiger partial charge in [0.1, 0.15) is 5.75 Å². The molecule has 0 saturated heterocycles. The molecule has 134 valence electrons. The average molecular weight is 369 g/mol. The lowest BCUT2D eigenvalue weighted by atomic mass is 9.99. The second kappa shape index (κ2) is 11.9. The Labute approximate surface area is 155 Å². The summed E-state index contributed by atoms with van der Waals surface area (Å²) in [6.07, 6.45) is 4.87. The van der Waals surface area contributed by atoms with Gasteiger partial charge in [-0.1, -0.05) is 33.1 Å². The van der Waals surface area contributed by atoms with Gasteiger partial charge in [-0.25, -0.2) is 0 Å². The van der Waals surface area contributed by atoms with Crippen LogP contribution in [0.15, 0.2) is 24.3 Å². The number of nitrogens with one attached hydrogen (secondary N) is 4. The van der Waals surface area contributed by atoms with Crippen LogP contribution < -0.4 is 26.2 Å². The number of hydrogen-bond donors (Lipinski definition) is 4. The molecule has 0 bridgehead atoms. The monoisotopic (exact) mass is 368 g/mol. The van der Waals surface area contributed by atoms with Crippen molar-refractivity contribution in [2.45, 2.75) is 39.5 Å². The van der Waals surface area contributed by atoms with Crippen LogP contribution in [0.25, 0.3) is 0 Å². The molecule has 5 nitrogen and oxygen atoms in total. The van der Waals surface area contributed by atoms with Gasteiger partial charge in [0, 0.05) is 12.2 Å². The molecule has 1 atom stereocenters. The van der Waals surface area contributed by atoms with Gasteiger partial charge < -0.3 is 15.4 Å². The molecule has 0 amide bonds. The molecule has 0 saturated carbocycles. The number of rotatable bonds is 8. The first-order valence-corrected chi connectivity index (χ1v) is 9.15. The number of unbranched alkanes of at least 4 members (excludes halogenated alkanes) is 1. The van der Waals surface area contributed by atoms with E-state index in [1.807, 2.05) is 24.3 Å². The zero-order chi connectivity index (χ0) is 17.8. The Kier molecular flexibility index (Phi) is 10.1. The molecule has 0 spiro atoms. The van der Waals surface area contributed by atoms with Crippen LogP contribution in [-0.2, 0) is 0 Å². The van der Waals surface area contributed by atoms with E-state index in [2.05, 4.69) is 35.3 Å². The van der Waals surface area contributed by atoms with E-state index in [0.29, 0.717) is 16.1 Å². The molecule has 0 unspecified atom stereocenters. The molecule has 0 aliphatic heterocycles. The van der Waals surface area contributed by atoms with Gasteiger partial charge in [-0.15, -0.1) is 0 Å². The third-order valence-electron chi connectivity index (χ3n) is 3.73. The summed E-state index contributed by atoms with van der Waals surface area (Å²) in [4.78, 5) is 0. The van der Waals surface area contributed by atoms with E-state index < -0.39 is 0 Å². The minimum Gasteiger partial charge on any atom is -0.497 e. The molecule has 1 rings (SSSR count). The van der Waals surface area contributed by atoms with Gasteiger partial charge in [-0.05, 0) is 61.0 Å². The molecular weight excluding hydrogens is 340 g/mol. The number of hydrazine groups is 1. The fraction of sp³-hybridized carbons (Fsp3) is 0.529. The average Bonchev–Trinajstić information content (AvgIpc) is 2.60. The second-order valence-corrected chi connectivity index (χ2v) is 6.38. The minimum absolute atomic E-state index is 0.447. The first-order valence-electron chi connectivity index (χ1n) is 8.33. The summed E-state index contributed by atoms with van der Waals surface area (Å²) in [6, 6.07) is 7.52. The zero-order valence-electron chi connectivity index (χ0n) is 14.6. The molecule has 1 aromatic carbocycles. The maximum atomic E-state index is 5.26. The van der Waals surface area contributed by atoms with Crippen LogP contribution in [0, 0.1) is 5.92 Å². The van der Waals surface area contributed by atoms with Crippen molar-refractivity contribution in [3.8, 4) is 5.75 Å². The number of thiocarbonyl (C=S) groups is 2. The predicted molar refractivity (Wildman–Crippen MR) is 109 cm³/mol. The van der Waals surface area contributed by atoms with E-state index in [9.17, 15) is 0 Å². The van der Waals surface area contributed by atoms with Gasteiger partial charge >= 0.3 is 0 Å². The molecule has 0 aliphatic rings. The number of anilines is 1. The number of ether oxygens (including phenoxy) is 1. The van der Waals surface area contributed by atoms with E-state index in [0.717, 1.165) is 24.4 Å². The largest absolute Gasteiger partial charge is 0.497 e. The number of hydrogen-bond acceptors (Lipinski definition) is 3. The highest BCUT2D eigenvalue weighted by Gasteiger charge is 2.06. The highest BCUT2D eigenvalue weighted by atomic mass is 32.1. The molecule has 4 N–H and O–H groups in total. The maximum absolute atomic E-state index is 5.26. The molecule has 24 heavy (non-hydrogen) atoms. The van der Waals surface area contributed by atoms with E-state index in [1.165, 1.54) is 19.3 Å². The van der Waals surface area contributed by atoms with Crippen LogP contribution in [-0.4, -0.2) is 23.9 Å². The quantitative estimate of drug-likeness (QED) is 0.413. The van der Waals surface area contributed by atoms with Gasteiger partial charge in [0.25, 0.3) is 0 Å². The Bertz CT molecular complexity index is 508. The molecule has 0 radical (unpaired) electrons. The van der Waals surface area contributed by atoms with Crippen molar-refractivity contribution in [1.29, 1.82) is 0 Å². The SMILES string of the molecule is CCCC[C@@H](CC)CNC(=S)NNC(=S)Nc1ccc(OC)cc1. The number of methoxy groups -OCH3 is 1. The van der Waals surface area contributed by atoms with Crippen molar-refractivity contribution in [2.24, 2.45) is 5.92 Å². The van der Waals surface area contributed by atoms with E-state index in [4.69, 9.17) is 29.2 Å². The van der Waals surface area contributed by atoms with Crippen LogP contribution in [0.1, 0.15) is 39.5 Å². The van der Waals surface area contributed by atoms with Gasteiger partial charge in [0.15, 0.2) is 10.2 Å². The third-order valence-corrected chi connectivity index (χ3v) is 4.18. The Morgan fingerprint density at radius 1 is 1.08 bits per heavy atom. The Morgan fingerprint density at radius 2 is 1.75 bits per heavy atom. The lowest BCUT2D eigenvalue weighted by Crippen LogP contribution is -2.49. The summed E-state index contributed by atoms with van der Waals surface area (Å²) in [5, 5.41) is 7.29. The maximum Gasteiger partial charge on any atom is 0.189 e. The molecule has 0 aliphatic carbocycles. The molecule has 0 aromatic heterocycles. The molecule has 0 heterocycles. The summed E-state index contributed by atoms with van der Waals surface area (Å²) in [5.74, 6) is 1.45. The van der Waals surface area contributed by atoms with Crippen molar-refractivity contribution in [1.82, 2.24) is 16.2 Å². The van der Waals surface area contributed by atoms with Crippen molar-refractivity contribution < 1.29 is 4.74 Å². The van der Waals surface area contributed by atoms with Crippen molar-refractivity contribution in [3.05, 3.63) is 24.3 Å². The van der Waals surface area contributed by atoms with Crippen LogP contribution >= 0.6 is 24.4 Å². The Hall–Kier alpha value is -1.60. The van der Waals surface area contributed by atoms with Gasteiger partial charge in [0.05, 0.1) is 7.11 Å². The fourth-order valence-corrected chi connectivity index (χ4v) is 2.48. The number of benzene rings is 1. The Morgan fingerprint density at radius 3 is 2.33 bits per heavy atom. The Balaban J connectivity index is 2.26. The van der Waals surface area contributed by atoms with Crippen LogP contribution in [0.3, 0.4) is 0 Å². The van der Waals surface area contributed by atoms with Gasteiger partial charge in [-0.2, -0.15) is 0 Å². The standard InChI is InChI=1S/C17H28N4OS2/c1-4-6-7-13(5-2)12-18-16(23)20-21-17(24)19-14-8-10-15(22-3)11-9-14/h8-11,13H,4-7,12H2,1-3H3,(H2,18,20,23)(H2,19,21,24)/t13-/m1/s1. The summed E-state index contributed by atoms with van der Waals surface area (Å²) in [5.41, 5.74) is 6.66. The normalized spacial score (nSPS) is 11.3. The van der Waals surface area contributed by atoms with Crippen LogP contribution in [0.5, 0.6) is 5.75 Å². The summed E-state index contributed by atoms with van der Waals surface area (Å²) >= 11 is 10.5. The molecule has 1 aromatic rings. The molecular formula is C17H28N4OS2. The van der Waals surface area contributed by atoms with E-state index in [1.54, 1.807) is 7.11 Å². The van der Waals surface area contributed by atoms with E-state index >= 15 is 0 Å². The van der Waals surface area contributed by atoms with Gasteiger partial charge in [-0.3, -0.25) is 10.9 Å². The highest BCUT2D eigenvalue weighted by Crippen LogP contribution is 2.14. The van der Waals surface area contributed by atoms with Crippen LogP contribution in [0.2, 0.25) is 0 Å². The highest BCUT2D eigenvalue weighted by molar-refractivity contribution is 7.80. The van der Waals surface area contributed by atoms with E-state index in [-0.39, 0.29) is 0 Å². The van der Waals surface area contributed by atoms with Crippen molar-refractivity contribution >= 4 is 40.3 Å². The lowest BCUT2D eigenvalue weighted by molar-refractivity contribution is 0.415. The predicted octanol–water partition coefficient (Wildman–Crippen LogP) is 3.58. The van der Waals surface area contributed by atoms with Gasteiger partial charge in [0.2, 0.25) is 0 Å². The minimum atomic E-state index is 0.447.